The van der Waals surface area contributed by atoms with Gasteiger partial charge < -0.3 is 5.11 Å². The van der Waals surface area contributed by atoms with Gasteiger partial charge in [-0.15, -0.1) is 0 Å². The molecular formula is C11H10N4O. The highest BCUT2D eigenvalue weighted by Crippen LogP contribution is 2.21. The van der Waals surface area contributed by atoms with E-state index in [0.29, 0.717) is 0 Å². The molecule has 0 saturated heterocycles. The molecule has 0 fully saturated rings. The molecule has 0 unspecified atom stereocenters. The molecule has 5 nitrogen and oxygen atoms in total. The summed E-state index contributed by atoms with van der Waals surface area (Å²) in [4.78, 5) is 0. The van der Waals surface area contributed by atoms with Gasteiger partial charge in [-0.05, 0) is 12.1 Å². The summed E-state index contributed by atoms with van der Waals surface area (Å²) in [6.07, 6.45) is 5.37. The number of nitrogens with zero attached hydrogens (tertiary/aromatic N) is 4. The zero-order valence-electron chi connectivity index (χ0n) is 8.70. The first-order chi connectivity index (χ1) is 7.74. The molecule has 5 heteroatoms. The summed E-state index contributed by atoms with van der Waals surface area (Å²) < 4.78 is 3.47. The van der Waals surface area contributed by atoms with Gasteiger partial charge in [0.25, 0.3) is 0 Å². The molecule has 3 aromatic rings. The highest BCUT2D eigenvalue weighted by Gasteiger charge is 2.06. The highest BCUT2D eigenvalue weighted by molar-refractivity contribution is 5.81. The van der Waals surface area contributed by atoms with Gasteiger partial charge in [0.2, 0.25) is 0 Å². The fourth-order valence-electron chi connectivity index (χ4n) is 1.73. The second kappa shape index (κ2) is 3.10. The summed E-state index contributed by atoms with van der Waals surface area (Å²) in [6, 6.07) is 5.18. The van der Waals surface area contributed by atoms with Crippen molar-refractivity contribution >= 4 is 10.9 Å². The molecule has 80 valence electrons. The van der Waals surface area contributed by atoms with Crippen LogP contribution in [0.3, 0.4) is 0 Å². The molecule has 2 heterocycles. The average molecular weight is 214 g/mol. The van der Waals surface area contributed by atoms with E-state index < -0.39 is 0 Å². The summed E-state index contributed by atoms with van der Waals surface area (Å²) in [5.41, 5.74) is 1.75. The first kappa shape index (κ1) is 8.96. The average Bonchev–Trinajstić information content (AvgIpc) is 2.83. The van der Waals surface area contributed by atoms with Crippen molar-refractivity contribution in [2.75, 3.05) is 0 Å². The van der Waals surface area contributed by atoms with E-state index in [1.54, 1.807) is 33.9 Å². The van der Waals surface area contributed by atoms with Crippen LogP contribution in [0.5, 0.6) is 5.75 Å². The smallest absolute Gasteiger partial charge is 0.117 e. The zero-order valence-corrected chi connectivity index (χ0v) is 8.70. The third-order valence-electron chi connectivity index (χ3n) is 2.49. The maximum atomic E-state index is 9.46. The minimum atomic E-state index is 0.234. The van der Waals surface area contributed by atoms with Crippen LogP contribution in [0.25, 0.3) is 16.6 Å². The van der Waals surface area contributed by atoms with Gasteiger partial charge in [-0.25, -0.2) is 4.68 Å². The standard InChI is InChI=1S/C11H10N4O/c1-14-7-9(6-12-14)15-11-4-10(16)3-2-8(11)5-13-15/h2-7,16H,1H3. The van der Waals surface area contributed by atoms with Crippen LogP contribution in [0.4, 0.5) is 0 Å². The highest BCUT2D eigenvalue weighted by atomic mass is 16.3. The largest absolute Gasteiger partial charge is 0.508 e. The van der Waals surface area contributed by atoms with E-state index in [-0.39, 0.29) is 5.75 Å². The zero-order chi connectivity index (χ0) is 11.1. The fraction of sp³-hybridized carbons (Fsp3) is 0.0909. The topological polar surface area (TPSA) is 55.9 Å². The number of aryl methyl sites for hydroxylation is 1. The molecule has 0 aliphatic rings. The number of aromatic hydroxyl groups is 1. The van der Waals surface area contributed by atoms with Crippen molar-refractivity contribution in [3.8, 4) is 11.4 Å². The van der Waals surface area contributed by atoms with Gasteiger partial charge >= 0.3 is 0 Å². The summed E-state index contributed by atoms with van der Waals surface area (Å²) in [7, 11) is 1.85. The SMILES string of the molecule is Cn1cc(-n2ncc3ccc(O)cc32)cn1. The van der Waals surface area contributed by atoms with E-state index in [0.717, 1.165) is 16.6 Å². The van der Waals surface area contributed by atoms with Gasteiger partial charge in [-0.2, -0.15) is 10.2 Å². The van der Waals surface area contributed by atoms with E-state index in [1.807, 2.05) is 19.3 Å². The van der Waals surface area contributed by atoms with Crippen molar-refractivity contribution < 1.29 is 5.11 Å². The molecule has 0 atom stereocenters. The van der Waals surface area contributed by atoms with Crippen LogP contribution in [0, 0.1) is 0 Å². The van der Waals surface area contributed by atoms with Gasteiger partial charge in [-0.1, -0.05) is 0 Å². The van der Waals surface area contributed by atoms with Gasteiger partial charge in [0, 0.05) is 18.5 Å². The van der Waals surface area contributed by atoms with Crippen LogP contribution in [0.1, 0.15) is 0 Å². The Labute approximate surface area is 91.5 Å². The van der Waals surface area contributed by atoms with Gasteiger partial charge in [0.15, 0.2) is 0 Å². The second-order valence-electron chi connectivity index (χ2n) is 3.67. The molecule has 0 aliphatic heterocycles. The molecule has 0 aliphatic carbocycles. The molecule has 0 bridgehead atoms. The number of hydrogen-bond donors (Lipinski definition) is 1. The number of rotatable bonds is 1. The predicted molar refractivity (Wildman–Crippen MR) is 59.5 cm³/mol. The summed E-state index contributed by atoms with van der Waals surface area (Å²) in [5, 5.41) is 18.8. The van der Waals surface area contributed by atoms with Gasteiger partial charge in [-0.3, -0.25) is 4.68 Å². The van der Waals surface area contributed by atoms with Crippen molar-refractivity contribution in [2.45, 2.75) is 0 Å². The van der Waals surface area contributed by atoms with Crippen molar-refractivity contribution in [2.24, 2.45) is 7.05 Å². The van der Waals surface area contributed by atoms with Crippen LogP contribution >= 0.6 is 0 Å². The number of phenolic OH excluding ortho intramolecular Hbond substituents is 1. The van der Waals surface area contributed by atoms with E-state index in [9.17, 15) is 5.11 Å². The Morgan fingerprint density at radius 1 is 1.19 bits per heavy atom. The number of aromatic nitrogens is 4. The van der Waals surface area contributed by atoms with Gasteiger partial charge in [0.05, 0.1) is 24.1 Å². The normalized spacial score (nSPS) is 11.1. The van der Waals surface area contributed by atoms with Crippen LogP contribution in [0.15, 0.2) is 36.8 Å². The van der Waals surface area contributed by atoms with Crippen LogP contribution in [-0.4, -0.2) is 24.7 Å². The fourth-order valence-corrected chi connectivity index (χ4v) is 1.73. The molecule has 0 spiro atoms. The van der Waals surface area contributed by atoms with Crippen molar-refractivity contribution in [1.82, 2.24) is 19.6 Å². The molecule has 1 aromatic carbocycles. The Hall–Kier alpha value is -2.30. The number of phenols is 1. The van der Waals surface area contributed by atoms with Crippen molar-refractivity contribution in [3.63, 3.8) is 0 Å². The summed E-state index contributed by atoms with van der Waals surface area (Å²) in [6.45, 7) is 0. The number of hydrogen-bond acceptors (Lipinski definition) is 3. The molecule has 2 aromatic heterocycles. The predicted octanol–water partition coefficient (Wildman–Crippen LogP) is 1.46. The minimum absolute atomic E-state index is 0.234. The molecule has 1 N–H and O–H groups in total. The summed E-state index contributed by atoms with van der Waals surface area (Å²) in [5.74, 6) is 0.234. The first-order valence-electron chi connectivity index (χ1n) is 4.90. The van der Waals surface area contributed by atoms with E-state index in [4.69, 9.17) is 0 Å². The lowest BCUT2D eigenvalue weighted by Crippen LogP contribution is -1.93. The van der Waals surface area contributed by atoms with Crippen LogP contribution in [-0.2, 0) is 7.05 Å². The Morgan fingerprint density at radius 2 is 2.06 bits per heavy atom. The Kier molecular flexibility index (Phi) is 1.73. The van der Waals surface area contributed by atoms with Crippen LogP contribution in [0.2, 0.25) is 0 Å². The lowest BCUT2D eigenvalue weighted by atomic mass is 10.2. The number of fused-ring (bicyclic) bond motifs is 1. The van der Waals surface area contributed by atoms with E-state index in [2.05, 4.69) is 10.2 Å². The minimum Gasteiger partial charge on any atom is -0.508 e. The Morgan fingerprint density at radius 3 is 2.81 bits per heavy atom. The third kappa shape index (κ3) is 1.25. The summed E-state index contributed by atoms with van der Waals surface area (Å²) >= 11 is 0. The first-order valence-corrected chi connectivity index (χ1v) is 4.90. The molecule has 3 rings (SSSR count). The lowest BCUT2D eigenvalue weighted by molar-refractivity contribution is 0.476. The van der Waals surface area contributed by atoms with Crippen molar-refractivity contribution in [3.05, 3.63) is 36.8 Å². The van der Waals surface area contributed by atoms with Crippen LogP contribution < -0.4 is 0 Å². The lowest BCUT2D eigenvalue weighted by Gasteiger charge is -1.99. The third-order valence-corrected chi connectivity index (χ3v) is 2.49. The van der Waals surface area contributed by atoms with Crippen molar-refractivity contribution in [1.29, 1.82) is 0 Å². The molecule has 0 saturated carbocycles. The quantitative estimate of drug-likeness (QED) is 0.667. The maximum Gasteiger partial charge on any atom is 0.117 e. The maximum absolute atomic E-state index is 9.46. The monoisotopic (exact) mass is 214 g/mol. The molecule has 0 radical (unpaired) electrons. The second-order valence-corrected chi connectivity index (χ2v) is 3.67. The van der Waals surface area contributed by atoms with E-state index >= 15 is 0 Å². The molecular weight excluding hydrogens is 204 g/mol. The Balaban J connectivity index is 2.27. The Bertz CT molecular complexity index is 653. The molecule has 16 heavy (non-hydrogen) atoms. The van der Waals surface area contributed by atoms with E-state index in [1.165, 1.54) is 0 Å². The molecule has 0 amide bonds. The number of benzene rings is 1. The van der Waals surface area contributed by atoms with Gasteiger partial charge in [0.1, 0.15) is 11.4 Å².